The molecule has 0 amide bonds. The van der Waals surface area contributed by atoms with Crippen LogP contribution in [-0.4, -0.2) is 35.8 Å². The number of nitrogens with one attached hydrogen (secondary N) is 2. The van der Waals surface area contributed by atoms with Crippen molar-refractivity contribution in [2.24, 2.45) is 4.99 Å². The summed E-state index contributed by atoms with van der Waals surface area (Å²) >= 11 is 3.51. The Bertz CT molecular complexity index is 1500. The highest BCUT2D eigenvalue weighted by Gasteiger charge is 2.16. The van der Waals surface area contributed by atoms with Crippen molar-refractivity contribution in [3.8, 4) is 11.3 Å². The Labute approximate surface area is 205 Å². The van der Waals surface area contributed by atoms with E-state index in [4.69, 9.17) is 4.98 Å². The predicted octanol–water partition coefficient (Wildman–Crippen LogP) is 4.93. The topological polar surface area (TPSA) is 101 Å². The van der Waals surface area contributed by atoms with Gasteiger partial charge in [0.05, 0.1) is 21.3 Å². The zero-order valence-electron chi connectivity index (χ0n) is 18.0. The fourth-order valence-corrected chi connectivity index (χ4v) is 4.98. The van der Waals surface area contributed by atoms with Crippen LogP contribution in [-0.2, 0) is 10.0 Å². The SMILES string of the molecule is O=S(=O)(NCC1=CN=CCC1)c1ccc(Nc2cc(-c3ccccc3)nc3c(Br)cnn23)cc1. The van der Waals surface area contributed by atoms with Gasteiger partial charge in [0.2, 0.25) is 10.0 Å². The molecule has 0 bridgehead atoms. The summed E-state index contributed by atoms with van der Waals surface area (Å²) in [4.78, 5) is 9.01. The highest BCUT2D eigenvalue weighted by Crippen LogP contribution is 2.28. The van der Waals surface area contributed by atoms with Crippen LogP contribution < -0.4 is 10.0 Å². The van der Waals surface area contributed by atoms with Gasteiger partial charge >= 0.3 is 0 Å². The number of benzene rings is 2. The molecule has 2 aromatic heterocycles. The molecule has 1 aliphatic rings. The van der Waals surface area contributed by atoms with Gasteiger partial charge in [-0.25, -0.2) is 18.1 Å². The van der Waals surface area contributed by atoms with E-state index in [-0.39, 0.29) is 11.4 Å². The van der Waals surface area contributed by atoms with Crippen LogP contribution in [0.25, 0.3) is 16.9 Å². The number of aliphatic imine (C=N–C) groups is 1. The Morgan fingerprint density at radius 3 is 2.59 bits per heavy atom. The maximum absolute atomic E-state index is 12.7. The first-order valence-electron chi connectivity index (χ1n) is 10.7. The molecule has 34 heavy (non-hydrogen) atoms. The number of aromatic nitrogens is 3. The third kappa shape index (κ3) is 4.79. The minimum atomic E-state index is -3.63. The molecular formula is C24H21BrN6O2S. The van der Waals surface area contributed by atoms with E-state index in [2.05, 4.69) is 36.1 Å². The fourth-order valence-electron chi connectivity index (χ4n) is 3.60. The van der Waals surface area contributed by atoms with Crippen LogP contribution in [0.4, 0.5) is 11.5 Å². The van der Waals surface area contributed by atoms with Crippen molar-refractivity contribution in [1.82, 2.24) is 19.3 Å². The maximum atomic E-state index is 12.7. The maximum Gasteiger partial charge on any atom is 0.240 e. The Kier molecular flexibility index (Phi) is 6.27. The largest absolute Gasteiger partial charge is 0.340 e. The second-order valence-corrected chi connectivity index (χ2v) is 10.4. The second kappa shape index (κ2) is 9.49. The van der Waals surface area contributed by atoms with Crippen LogP contribution in [0, 0.1) is 0 Å². The average Bonchev–Trinajstić information content (AvgIpc) is 3.25. The average molecular weight is 537 g/mol. The number of hydrogen-bond donors (Lipinski definition) is 2. The zero-order valence-corrected chi connectivity index (χ0v) is 20.4. The predicted molar refractivity (Wildman–Crippen MR) is 137 cm³/mol. The first-order valence-corrected chi connectivity index (χ1v) is 12.9. The molecule has 5 rings (SSSR count). The first kappa shape index (κ1) is 22.5. The van der Waals surface area contributed by atoms with Gasteiger partial charge in [-0.1, -0.05) is 30.3 Å². The van der Waals surface area contributed by atoms with Crippen LogP contribution >= 0.6 is 15.9 Å². The van der Waals surface area contributed by atoms with Crippen molar-refractivity contribution in [2.45, 2.75) is 17.7 Å². The monoisotopic (exact) mass is 536 g/mol. The van der Waals surface area contributed by atoms with E-state index in [0.717, 1.165) is 39.8 Å². The van der Waals surface area contributed by atoms with E-state index >= 15 is 0 Å². The summed E-state index contributed by atoms with van der Waals surface area (Å²) in [5.41, 5.74) is 4.13. The summed E-state index contributed by atoms with van der Waals surface area (Å²) in [6, 6.07) is 18.4. The van der Waals surface area contributed by atoms with E-state index in [1.165, 1.54) is 0 Å². The molecule has 2 N–H and O–H groups in total. The molecule has 0 aliphatic carbocycles. The summed E-state index contributed by atoms with van der Waals surface area (Å²) in [5, 5.41) is 7.73. The molecule has 1 aliphatic heterocycles. The highest BCUT2D eigenvalue weighted by molar-refractivity contribution is 9.10. The third-order valence-corrected chi connectivity index (χ3v) is 7.36. The van der Waals surface area contributed by atoms with Gasteiger partial charge in [0.1, 0.15) is 5.82 Å². The van der Waals surface area contributed by atoms with Crippen LogP contribution in [0.15, 0.2) is 93.0 Å². The van der Waals surface area contributed by atoms with Crippen molar-refractivity contribution >= 4 is 49.3 Å². The van der Waals surface area contributed by atoms with Gasteiger partial charge in [0.25, 0.3) is 0 Å². The Balaban J connectivity index is 1.39. The molecule has 10 heteroatoms. The summed E-state index contributed by atoms with van der Waals surface area (Å²) in [6.07, 6.45) is 6.87. The van der Waals surface area contributed by atoms with Crippen molar-refractivity contribution < 1.29 is 8.42 Å². The Hall–Kier alpha value is -3.34. The molecular weight excluding hydrogens is 516 g/mol. The van der Waals surface area contributed by atoms with Crippen molar-refractivity contribution in [1.29, 1.82) is 0 Å². The normalized spacial score (nSPS) is 13.7. The van der Waals surface area contributed by atoms with E-state index < -0.39 is 10.0 Å². The van der Waals surface area contributed by atoms with Crippen molar-refractivity contribution in [2.75, 3.05) is 11.9 Å². The Morgan fingerprint density at radius 1 is 1.06 bits per heavy atom. The van der Waals surface area contributed by atoms with Gasteiger partial charge in [-0.15, -0.1) is 0 Å². The molecule has 0 unspecified atom stereocenters. The quantitative estimate of drug-likeness (QED) is 0.348. The van der Waals surface area contributed by atoms with Crippen molar-refractivity contribution in [3.05, 3.63) is 83.1 Å². The van der Waals surface area contributed by atoms with E-state index in [9.17, 15) is 8.42 Å². The van der Waals surface area contributed by atoms with Gasteiger partial charge < -0.3 is 5.32 Å². The summed E-state index contributed by atoms with van der Waals surface area (Å²) in [5.74, 6) is 0.702. The fraction of sp³-hybridized carbons (Fsp3) is 0.125. The lowest BCUT2D eigenvalue weighted by molar-refractivity contribution is 0.584. The molecule has 0 atom stereocenters. The molecule has 172 valence electrons. The van der Waals surface area contributed by atoms with Gasteiger partial charge in [0.15, 0.2) is 5.65 Å². The molecule has 3 heterocycles. The van der Waals surface area contributed by atoms with E-state index in [1.54, 1.807) is 41.2 Å². The molecule has 0 spiro atoms. The van der Waals surface area contributed by atoms with E-state index in [1.807, 2.05) is 42.6 Å². The summed E-state index contributed by atoms with van der Waals surface area (Å²) in [7, 11) is -3.63. The first-order chi connectivity index (χ1) is 16.5. The summed E-state index contributed by atoms with van der Waals surface area (Å²) in [6.45, 7) is 0.255. The molecule has 2 aromatic carbocycles. The molecule has 0 saturated heterocycles. The third-order valence-electron chi connectivity index (χ3n) is 5.38. The molecule has 0 fully saturated rings. The highest BCUT2D eigenvalue weighted by atomic mass is 79.9. The molecule has 4 aromatic rings. The van der Waals surface area contributed by atoms with Gasteiger partial charge in [0, 0.05) is 36.3 Å². The number of hydrogen-bond acceptors (Lipinski definition) is 6. The zero-order chi connectivity index (χ0) is 23.5. The van der Waals surface area contributed by atoms with Gasteiger partial charge in [-0.05, 0) is 58.6 Å². The number of halogens is 1. The Morgan fingerprint density at radius 2 is 1.85 bits per heavy atom. The lowest BCUT2D eigenvalue weighted by Crippen LogP contribution is -2.26. The minimum absolute atomic E-state index is 0.199. The van der Waals surface area contributed by atoms with Crippen LogP contribution in [0.5, 0.6) is 0 Å². The number of sulfonamides is 1. The summed E-state index contributed by atoms with van der Waals surface area (Å²) < 4.78 is 30.5. The van der Waals surface area contributed by atoms with Crippen molar-refractivity contribution in [3.63, 3.8) is 0 Å². The van der Waals surface area contributed by atoms with Gasteiger partial charge in [-0.3, -0.25) is 4.99 Å². The lowest BCUT2D eigenvalue weighted by Gasteiger charge is -2.13. The van der Waals surface area contributed by atoms with Crippen LogP contribution in [0.3, 0.4) is 0 Å². The van der Waals surface area contributed by atoms with E-state index in [0.29, 0.717) is 11.5 Å². The molecule has 0 saturated carbocycles. The lowest BCUT2D eigenvalue weighted by atomic mass is 10.1. The molecule has 8 nitrogen and oxygen atoms in total. The minimum Gasteiger partial charge on any atom is -0.340 e. The number of anilines is 2. The number of fused-ring (bicyclic) bond motifs is 1. The standard InChI is InChI=1S/C24H21BrN6O2S/c25-21-16-27-31-23(13-22(30-24(21)31)18-6-2-1-3-7-18)29-19-8-10-20(11-9-19)34(32,33)28-15-17-5-4-12-26-14-17/h1-3,6-14,16,28-29H,4-5,15H2. The van der Waals surface area contributed by atoms with Crippen LogP contribution in [0.2, 0.25) is 0 Å². The molecule has 0 radical (unpaired) electrons. The van der Waals surface area contributed by atoms with Gasteiger partial charge in [-0.2, -0.15) is 9.61 Å². The smallest absolute Gasteiger partial charge is 0.240 e. The van der Waals surface area contributed by atoms with Crippen LogP contribution in [0.1, 0.15) is 12.8 Å². The number of rotatable bonds is 7. The number of nitrogens with zero attached hydrogens (tertiary/aromatic N) is 4. The second-order valence-electron chi connectivity index (χ2n) is 7.75.